The SMILES string of the molecule is Cc1ncsc1C(CNC(=O)c1cc(-c2ncc(F)cn2)ccc1Cl)N1CCC(Oc2ccccc2)CC1. The van der Waals surface area contributed by atoms with Crippen LogP contribution in [0.5, 0.6) is 5.75 Å². The van der Waals surface area contributed by atoms with Gasteiger partial charge in [0.05, 0.1) is 40.2 Å². The van der Waals surface area contributed by atoms with Crippen LogP contribution in [0.25, 0.3) is 11.4 Å². The van der Waals surface area contributed by atoms with Crippen LogP contribution in [0.3, 0.4) is 0 Å². The minimum absolute atomic E-state index is 0.0217. The van der Waals surface area contributed by atoms with Crippen molar-refractivity contribution in [2.45, 2.75) is 31.9 Å². The van der Waals surface area contributed by atoms with Crippen LogP contribution in [0.2, 0.25) is 5.02 Å². The van der Waals surface area contributed by atoms with E-state index in [-0.39, 0.29) is 18.1 Å². The second-order valence-corrected chi connectivity index (χ2v) is 10.4. The third-order valence-corrected chi connectivity index (χ3v) is 7.96. The van der Waals surface area contributed by atoms with Crippen LogP contribution in [-0.2, 0) is 0 Å². The normalized spacial score (nSPS) is 15.2. The number of likely N-dealkylation sites (tertiary alicyclic amines) is 1. The largest absolute Gasteiger partial charge is 0.490 e. The molecule has 1 amide bonds. The zero-order valence-corrected chi connectivity index (χ0v) is 22.4. The monoisotopic (exact) mass is 551 g/mol. The number of carbonyl (C=O) groups excluding carboxylic acids is 1. The maximum atomic E-state index is 13.3. The fourth-order valence-corrected chi connectivity index (χ4v) is 5.74. The van der Waals surface area contributed by atoms with Crippen molar-refractivity contribution in [2.75, 3.05) is 19.6 Å². The molecule has 5 rings (SSSR count). The number of aromatic nitrogens is 3. The molecule has 3 heterocycles. The highest BCUT2D eigenvalue weighted by molar-refractivity contribution is 7.09. The fourth-order valence-electron chi connectivity index (χ4n) is 4.60. The Balaban J connectivity index is 1.27. The van der Waals surface area contributed by atoms with Gasteiger partial charge in [-0.2, -0.15) is 0 Å². The van der Waals surface area contributed by atoms with Gasteiger partial charge in [-0.05, 0) is 50.1 Å². The van der Waals surface area contributed by atoms with Crippen molar-refractivity contribution >= 4 is 28.8 Å². The van der Waals surface area contributed by atoms with Gasteiger partial charge in [-0.3, -0.25) is 9.69 Å². The van der Waals surface area contributed by atoms with E-state index in [0.717, 1.165) is 54.6 Å². The number of para-hydroxylation sites is 1. The van der Waals surface area contributed by atoms with Gasteiger partial charge >= 0.3 is 0 Å². The Labute approximate surface area is 229 Å². The summed E-state index contributed by atoms with van der Waals surface area (Å²) in [5.41, 5.74) is 3.69. The second kappa shape index (κ2) is 12.0. The van der Waals surface area contributed by atoms with Gasteiger partial charge in [-0.15, -0.1) is 11.3 Å². The van der Waals surface area contributed by atoms with Crippen LogP contribution in [0, 0.1) is 12.7 Å². The van der Waals surface area contributed by atoms with E-state index in [2.05, 4.69) is 25.2 Å². The van der Waals surface area contributed by atoms with Crippen molar-refractivity contribution in [3.8, 4) is 17.1 Å². The van der Waals surface area contributed by atoms with Crippen molar-refractivity contribution in [1.29, 1.82) is 0 Å². The van der Waals surface area contributed by atoms with Crippen LogP contribution in [0.15, 0.2) is 66.4 Å². The molecule has 1 saturated heterocycles. The molecule has 0 bridgehead atoms. The summed E-state index contributed by atoms with van der Waals surface area (Å²) in [4.78, 5) is 29.2. The molecule has 1 unspecified atom stereocenters. The van der Waals surface area contributed by atoms with Crippen molar-refractivity contribution in [1.82, 2.24) is 25.2 Å². The summed E-state index contributed by atoms with van der Waals surface area (Å²) in [5, 5.41) is 3.39. The molecule has 1 aliphatic heterocycles. The summed E-state index contributed by atoms with van der Waals surface area (Å²) < 4.78 is 19.4. The second-order valence-electron chi connectivity index (χ2n) is 9.11. The lowest BCUT2D eigenvalue weighted by Crippen LogP contribution is -2.44. The zero-order valence-electron chi connectivity index (χ0n) is 20.8. The Morgan fingerprint density at radius 3 is 2.58 bits per heavy atom. The first-order chi connectivity index (χ1) is 18.5. The fraction of sp³-hybridized carbons (Fsp3) is 0.286. The minimum Gasteiger partial charge on any atom is -0.490 e. The number of nitrogens with zero attached hydrogens (tertiary/aromatic N) is 4. The first-order valence-corrected chi connectivity index (χ1v) is 13.6. The van der Waals surface area contributed by atoms with E-state index in [9.17, 15) is 9.18 Å². The number of rotatable bonds is 8. The molecule has 196 valence electrons. The van der Waals surface area contributed by atoms with E-state index < -0.39 is 5.82 Å². The van der Waals surface area contributed by atoms with Crippen LogP contribution in [0.4, 0.5) is 4.39 Å². The number of benzene rings is 2. The van der Waals surface area contributed by atoms with Crippen LogP contribution in [0.1, 0.15) is 39.8 Å². The molecule has 10 heteroatoms. The smallest absolute Gasteiger partial charge is 0.252 e. The van der Waals surface area contributed by atoms with Gasteiger partial charge in [0, 0.05) is 30.1 Å². The lowest BCUT2D eigenvalue weighted by molar-refractivity contribution is 0.0720. The quantitative estimate of drug-likeness (QED) is 0.302. The number of amides is 1. The number of nitrogens with one attached hydrogen (secondary N) is 1. The molecule has 2 aromatic heterocycles. The Morgan fingerprint density at radius 1 is 1.16 bits per heavy atom. The van der Waals surface area contributed by atoms with Gasteiger partial charge in [0.2, 0.25) is 0 Å². The molecular weight excluding hydrogens is 525 g/mol. The predicted molar refractivity (Wildman–Crippen MR) is 146 cm³/mol. The molecule has 2 aromatic carbocycles. The number of thiazole rings is 1. The summed E-state index contributed by atoms with van der Waals surface area (Å²) in [6.45, 7) is 4.08. The van der Waals surface area contributed by atoms with Gasteiger partial charge in [0.15, 0.2) is 11.6 Å². The van der Waals surface area contributed by atoms with E-state index in [4.69, 9.17) is 16.3 Å². The Kier molecular flexibility index (Phi) is 8.26. The summed E-state index contributed by atoms with van der Waals surface area (Å²) in [7, 11) is 0. The number of piperidine rings is 1. The summed E-state index contributed by atoms with van der Waals surface area (Å²) in [6, 6.07) is 14.8. The van der Waals surface area contributed by atoms with E-state index in [1.807, 2.05) is 42.8 Å². The summed E-state index contributed by atoms with van der Waals surface area (Å²) in [6.07, 6.45) is 4.12. The van der Waals surface area contributed by atoms with Crippen molar-refractivity contribution in [2.24, 2.45) is 0 Å². The lowest BCUT2D eigenvalue weighted by Gasteiger charge is -2.37. The maximum absolute atomic E-state index is 13.3. The average Bonchev–Trinajstić information content (AvgIpc) is 3.36. The van der Waals surface area contributed by atoms with Crippen LogP contribution in [-0.4, -0.2) is 51.5 Å². The molecule has 1 atom stereocenters. The van der Waals surface area contributed by atoms with Crippen molar-refractivity contribution in [3.05, 3.63) is 93.4 Å². The molecule has 1 N–H and O–H groups in total. The van der Waals surface area contributed by atoms with E-state index >= 15 is 0 Å². The van der Waals surface area contributed by atoms with Gasteiger partial charge in [-0.25, -0.2) is 19.3 Å². The molecule has 0 spiro atoms. The first-order valence-electron chi connectivity index (χ1n) is 12.4. The maximum Gasteiger partial charge on any atom is 0.252 e. The lowest BCUT2D eigenvalue weighted by atomic mass is 10.0. The van der Waals surface area contributed by atoms with Gasteiger partial charge < -0.3 is 10.1 Å². The number of aryl methyl sites for hydroxylation is 1. The molecular formula is C28H27ClFN5O2S. The third-order valence-electron chi connectivity index (χ3n) is 6.59. The highest BCUT2D eigenvalue weighted by atomic mass is 35.5. The molecule has 0 aliphatic carbocycles. The molecule has 0 saturated carbocycles. The van der Waals surface area contributed by atoms with E-state index in [1.54, 1.807) is 29.5 Å². The van der Waals surface area contributed by atoms with Crippen LogP contribution >= 0.6 is 22.9 Å². The zero-order chi connectivity index (χ0) is 26.5. The number of hydrogen-bond acceptors (Lipinski definition) is 7. The summed E-state index contributed by atoms with van der Waals surface area (Å²) >= 11 is 7.98. The standard InChI is InChI=1S/C28H27ClFN5O2S/c1-18-26(38-17-34-18)25(35-11-9-22(10-12-35)37-21-5-3-2-4-6-21)16-33-28(36)23-13-19(7-8-24(23)29)27-31-14-20(30)15-32-27/h2-8,13-15,17,22,25H,9-12,16H2,1H3,(H,33,36). The van der Waals surface area contributed by atoms with E-state index in [1.165, 1.54) is 0 Å². The molecule has 38 heavy (non-hydrogen) atoms. The highest BCUT2D eigenvalue weighted by Gasteiger charge is 2.29. The molecule has 1 aliphatic rings. The topological polar surface area (TPSA) is 80.2 Å². The van der Waals surface area contributed by atoms with Gasteiger partial charge in [0.1, 0.15) is 11.9 Å². The Hall–Kier alpha value is -3.40. The van der Waals surface area contributed by atoms with Crippen LogP contribution < -0.4 is 10.1 Å². The Bertz CT molecular complexity index is 1380. The number of ether oxygens (including phenoxy) is 1. The predicted octanol–water partition coefficient (Wildman–Crippen LogP) is 5.72. The van der Waals surface area contributed by atoms with Gasteiger partial charge in [0.25, 0.3) is 5.91 Å². The van der Waals surface area contributed by atoms with Crippen molar-refractivity contribution in [3.63, 3.8) is 0 Å². The number of carbonyl (C=O) groups is 1. The first kappa shape index (κ1) is 26.2. The summed E-state index contributed by atoms with van der Waals surface area (Å²) in [5.74, 6) is 0.378. The molecule has 0 radical (unpaired) electrons. The third kappa shape index (κ3) is 6.18. The molecule has 4 aromatic rings. The minimum atomic E-state index is -0.527. The molecule has 1 fully saturated rings. The number of halogens is 2. The van der Waals surface area contributed by atoms with Gasteiger partial charge in [-0.1, -0.05) is 29.8 Å². The number of hydrogen-bond donors (Lipinski definition) is 1. The Morgan fingerprint density at radius 2 is 1.89 bits per heavy atom. The van der Waals surface area contributed by atoms with Crippen molar-refractivity contribution < 1.29 is 13.9 Å². The van der Waals surface area contributed by atoms with E-state index in [0.29, 0.717) is 28.5 Å². The highest BCUT2D eigenvalue weighted by Crippen LogP contribution is 2.31. The average molecular weight is 552 g/mol. The molecule has 7 nitrogen and oxygen atoms in total.